The van der Waals surface area contributed by atoms with Crippen LogP contribution in [0.1, 0.15) is 15.9 Å². The Labute approximate surface area is 129 Å². The molecule has 1 heterocycles. The number of carbonyl (C=O) groups is 1. The van der Waals surface area contributed by atoms with Gasteiger partial charge in [-0.3, -0.25) is 10.1 Å². The van der Waals surface area contributed by atoms with Crippen molar-refractivity contribution in [2.75, 3.05) is 0 Å². The molecule has 0 aliphatic rings. The van der Waals surface area contributed by atoms with Crippen LogP contribution >= 0.6 is 23.2 Å². The van der Waals surface area contributed by atoms with Gasteiger partial charge in [-0.1, -0.05) is 23.2 Å². The summed E-state index contributed by atoms with van der Waals surface area (Å²) in [5, 5.41) is 10.8. The molecule has 8 heteroatoms. The highest BCUT2D eigenvalue weighted by Crippen LogP contribution is 2.20. The normalized spacial score (nSPS) is 10.2. The van der Waals surface area contributed by atoms with Crippen LogP contribution in [0.2, 0.25) is 10.2 Å². The van der Waals surface area contributed by atoms with Gasteiger partial charge in [-0.15, -0.1) is 0 Å². The van der Waals surface area contributed by atoms with Crippen LogP contribution in [0.15, 0.2) is 36.5 Å². The fraction of sp³-hybridized carbons (Fsp3) is 0.0769. The topological polar surface area (TPSA) is 82.3 Å². The average Bonchev–Trinajstić information content (AvgIpc) is 2.48. The first-order chi connectivity index (χ1) is 9.97. The fourth-order valence-electron chi connectivity index (χ4n) is 1.48. The summed E-state index contributed by atoms with van der Waals surface area (Å²) in [6, 6.07) is 7.06. The molecule has 0 atom stereocenters. The molecule has 1 aromatic heterocycles. The maximum absolute atomic E-state index is 11.8. The number of benzene rings is 1. The Morgan fingerprint density at radius 3 is 2.52 bits per heavy atom. The van der Waals surface area contributed by atoms with Gasteiger partial charge in [0.2, 0.25) is 0 Å². The molecule has 0 radical (unpaired) electrons. The smallest absolute Gasteiger partial charge is 0.340 e. The summed E-state index contributed by atoms with van der Waals surface area (Å²) in [7, 11) is 0. The van der Waals surface area contributed by atoms with E-state index < -0.39 is 10.9 Å². The zero-order chi connectivity index (χ0) is 15.4. The number of rotatable bonds is 4. The van der Waals surface area contributed by atoms with Crippen molar-refractivity contribution < 1.29 is 14.5 Å². The number of nitrogens with zero attached hydrogens (tertiary/aromatic N) is 2. The molecule has 2 rings (SSSR count). The van der Waals surface area contributed by atoms with E-state index in [9.17, 15) is 14.9 Å². The lowest BCUT2D eigenvalue weighted by atomic mass is 10.2. The largest absolute Gasteiger partial charge is 0.457 e. The average molecular weight is 327 g/mol. The summed E-state index contributed by atoms with van der Waals surface area (Å²) in [6.45, 7) is -0.0168. The number of hydrogen-bond acceptors (Lipinski definition) is 5. The van der Waals surface area contributed by atoms with Gasteiger partial charge >= 0.3 is 5.97 Å². The van der Waals surface area contributed by atoms with Crippen molar-refractivity contribution in [3.63, 3.8) is 0 Å². The van der Waals surface area contributed by atoms with E-state index in [0.717, 1.165) is 0 Å². The molecule has 0 aliphatic heterocycles. The predicted octanol–water partition coefficient (Wildman–Crippen LogP) is 3.65. The number of halogens is 2. The highest BCUT2D eigenvalue weighted by molar-refractivity contribution is 6.41. The number of nitro benzene ring substituents is 1. The molecule has 0 unspecified atom stereocenters. The van der Waals surface area contributed by atoms with Crippen molar-refractivity contribution in [2.45, 2.75) is 6.61 Å². The van der Waals surface area contributed by atoms with E-state index in [1.165, 1.54) is 36.5 Å². The van der Waals surface area contributed by atoms with E-state index in [4.69, 9.17) is 27.9 Å². The minimum Gasteiger partial charge on any atom is -0.457 e. The summed E-state index contributed by atoms with van der Waals surface area (Å²) in [6.07, 6.45) is 1.26. The van der Waals surface area contributed by atoms with Crippen LogP contribution in [0.3, 0.4) is 0 Å². The predicted molar refractivity (Wildman–Crippen MR) is 76.5 cm³/mol. The Morgan fingerprint density at radius 2 is 1.95 bits per heavy atom. The van der Waals surface area contributed by atoms with Crippen LogP contribution < -0.4 is 0 Å². The van der Waals surface area contributed by atoms with E-state index in [-0.39, 0.29) is 28.0 Å². The zero-order valence-electron chi connectivity index (χ0n) is 10.5. The lowest BCUT2D eigenvalue weighted by molar-refractivity contribution is -0.384. The Morgan fingerprint density at radius 1 is 1.29 bits per heavy atom. The number of esters is 1. The zero-order valence-corrected chi connectivity index (χ0v) is 12.0. The summed E-state index contributed by atoms with van der Waals surface area (Å²) >= 11 is 11.4. The molecule has 0 saturated heterocycles. The maximum Gasteiger partial charge on any atom is 0.340 e. The molecule has 0 aliphatic carbocycles. The maximum atomic E-state index is 11.8. The molecule has 0 N–H and O–H groups in total. The van der Waals surface area contributed by atoms with Crippen molar-refractivity contribution >= 4 is 34.9 Å². The van der Waals surface area contributed by atoms with Gasteiger partial charge in [0.25, 0.3) is 5.69 Å². The number of pyridine rings is 1. The first-order valence-corrected chi connectivity index (χ1v) is 6.44. The Bertz CT molecular complexity index is 689. The molecule has 0 spiro atoms. The molecule has 0 fully saturated rings. The first-order valence-electron chi connectivity index (χ1n) is 5.69. The summed E-state index contributed by atoms with van der Waals surface area (Å²) < 4.78 is 5.06. The van der Waals surface area contributed by atoms with Crippen molar-refractivity contribution in [2.24, 2.45) is 0 Å². The van der Waals surface area contributed by atoms with Crippen LogP contribution in [-0.2, 0) is 11.3 Å². The first kappa shape index (κ1) is 15.2. The standard InChI is InChI=1S/C13H8Cl2N2O4/c14-11-5-9(6-16-12(11)15)13(18)21-7-8-1-3-10(4-2-8)17(19)20/h1-6H,7H2. The third-order valence-electron chi connectivity index (χ3n) is 2.55. The minimum atomic E-state index is -0.612. The third kappa shape index (κ3) is 3.90. The van der Waals surface area contributed by atoms with Crippen LogP contribution in [-0.4, -0.2) is 15.9 Å². The summed E-state index contributed by atoms with van der Waals surface area (Å²) in [4.78, 5) is 25.5. The molecule has 0 bridgehead atoms. The molecule has 2 aromatic rings. The van der Waals surface area contributed by atoms with Gasteiger partial charge in [0.05, 0.1) is 15.5 Å². The van der Waals surface area contributed by atoms with Crippen molar-refractivity contribution in [1.29, 1.82) is 0 Å². The van der Waals surface area contributed by atoms with Crippen LogP contribution in [0.4, 0.5) is 5.69 Å². The molecule has 6 nitrogen and oxygen atoms in total. The Hall–Kier alpha value is -2.18. The van der Waals surface area contributed by atoms with Crippen LogP contribution in [0, 0.1) is 10.1 Å². The monoisotopic (exact) mass is 326 g/mol. The van der Waals surface area contributed by atoms with E-state index >= 15 is 0 Å². The number of hydrogen-bond donors (Lipinski definition) is 0. The van der Waals surface area contributed by atoms with Gasteiger partial charge in [-0.25, -0.2) is 9.78 Å². The molecule has 0 amide bonds. The quantitative estimate of drug-likeness (QED) is 0.370. The minimum absolute atomic E-state index is 0.0168. The highest BCUT2D eigenvalue weighted by Gasteiger charge is 2.11. The van der Waals surface area contributed by atoms with Crippen LogP contribution in [0.5, 0.6) is 0 Å². The molecule has 0 saturated carbocycles. The van der Waals surface area contributed by atoms with Crippen molar-refractivity contribution in [1.82, 2.24) is 4.98 Å². The summed E-state index contributed by atoms with van der Waals surface area (Å²) in [5.41, 5.74) is 0.770. The Kier molecular flexibility index (Phi) is 4.72. The lowest BCUT2D eigenvalue weighted by Crippen LogP contribution is -2.06. The molecular weight excluding hydrogens is 319 g/mol. The van der Waals surface area contributed by atoms with Crippen molar-refractivity contribution in [3.05, 3.63) is 67.9 Å². The second kappa shape index (κ2) is 6.51. The van der Waals surface area contributed by atoms with Gasteiger partial charge in [-0.05, 0) is 23.8 Å². The van der Waals surface area contributed by atoms with E-state index in [1.807, 2.05) is 0 Å². The second-order valence-electron chi connectivity index (χ2n) is 4.00. The SMILES string of the molecule is O=C(OCc1ccc([N+](=O)[O-])cc1)c1cnc(Cl)c(Cl)c1. The van der Waals surface area contributed by atoms with Gasteiger partial charge in [-0.2, -0.15) is 0 Å². The number of non-ortho nitro benzene ring substituents is 1. The number of ether oxygens (including phenoxy) is 1. The van der Waals surface area contributed by atoms with Gasteiger partial charge in [0, 0.05) is 18.3 Å². The Balaban J connectivity index is 2.00. The lowest BCUT2D eigenvalue weighted by Gasteiger charge is -2.05. The van der Waals surface area contributed by atoms with Crippen molar-refractivity contribution in [3.8, 4) is 0 Å². The number of aromatic nitrogens is 1. The number of nitro groups is 1. The highest BCUT2D eigenvalue weighted by atomic mass is 35.5. The summed E-state index contributed by atoms with van der Waals surface area (Å²) in [5.74, 6) is -0.612. The van der Waals surface area contributed by atoms with E-state index in [2.05, 4.69) is 4.98 Å². The third-order valence-corrected chi connectivity index (χ3v) is 3.24. The molecule has 1 aromatic carbocycles. The van der Waals surface area contributed by atoms with E-state index in [0.29, 0.717) is 5.56 Å². The molecule has 108 valence electrons. The molecule has 21 heavy (non-hydrogen) atoms. The van der Waals surface area contributed by atoms with Gasteiger partial charge in [0.1, 0.15) is 11.8 Å². The van der Waals surface area contributed by atoms with Gasteiger partial charge in [0.15, 0.2) is 0 Å². The fourth-order valence-corrected chi connectivity index (χ4v) is 1.75. The second-order valence-corrected chi connectivity index (χ2v) is 4.76. The number of carbonyl (C=O) groups excluding carboxylic acids is 1. The van der Waals surface area contributed by atoms with Gasteiger partial charge < -0.3 is 4.74 Å². The van der Waals surface area contributed by atoms with Crippen LogP contribution in [0.25, 0.3) is 0 Å². The van der Waals surface area contributed by atoms with E-state index in [1.54, 1.807) is 0 Å². The molecular formula is C13H8Cl2N2O4.